The van der Waals surface area contributed by atoms with E-state index in [2.05, 4.69) is 26.0 Å². The Morgan fingerprint density at radius 1 is 1.21 bits per heavy atom. The number of esters is 1. The number of nitrogens with one attached hydrogen (secondary N) is 1. The molecule has 3 rings (SSSR count). The lowest BCUT2D eigenvalue weighted by Gasteiger charge is -2.11. The number of carbonyl (C=O) groups is 3. The van der Waals surface area contributed by atoms with Crippen molar-refractivity contribution in [2.45, 2.75) is 6.54 Å². The number of imide groups is 1. The third kappa shape index (κ3) is 5.00. The third-order valence-electron chi connectivity index (χ3n) is 4.06. The molecule has 29 heavy (non-hydrogen) atoms. The van der Waals surface area contributed by atoms with Gasteiger partial charge in [-0.15, -0.1) is 0 Å². The Hall–Kier alpha value is -3.20. The summed E-state index contributed by atoms with van der Waals surface area (Å²) in [4.78, 5) is 36.9. The summed E-state index contributed by atoms with van der Waals surface area (Å²) in [6.07, 6.45) is 1.53. The molecule has 0 aromatic heterocycles. The summed E-state index contributed by atoms with van der Waals surface area (Å²) in [5.41, 5.74) is 1.38. The molecule has 2 aromatic rings. The van der Waals surface area contributed by atoms with Crippen molar-refractivity contribution in [3.8, 4) is 5.75 Å². The highest BCUT2D eigenvalue weighted by Gasteiger charge is 2.33. The molecule has 1 aliphatic rings. The standard InChI is InChI=1S/C20H16BrFN2O5/c1-28-18(25)11-29-17-7-4-13(8-15(17)21)9-16-19(26)24(20(27)23-16)10-12-2-5-14(22)6-3-12/h2-9H,10-11H2,1H3,(H,23,27)/b16-9-. The van der Waals surface area contributed by atoms with Crippen molar-refractivity contribution in [3.63, 3.8) is 0 Å². The maximum atomic E-state index is 13.0. The predicted molar refractivity (Wildman–Crippen MR) is 105 cm³/mol. The van der Waals surface area contributed by atoms with Gasteiger partial charge in [0, 0.05) is 0 Å². The van der Waals surface area contributed by atoms with Crippen LogP contribution in [0.15, 0.2) is 52.6 Å². The molecular formula is C20H16BrFN2O5. The Morgan fingerprint density at radius 2 is 1.93 bits per heavy atom. The van der Waals surface area contributed by atoms with Gasteiger partial charge in [-0.2, -0.15) is 0 Å². The van der Waals surface area contributed by atoms with Crippen molar-refractivity contribution in [1.29, 1.82) is 0 Å². The van der Waals surface area contributed by atoms with Gasteiger partial charge < -0.3 is 14.8 Å². The molecule has 7 nitrogen and oxygen atoms in total. The lowest BCUT2D eigenvalue weighted by atomic mass is 10.1. The van der Waals surface area contributed by atoms with Crippen LogP contribution in [0.5, 0.6) is 5.75 Å². The van der Waals surface area contributed by atoms with Gasteiger partial charge in [0.25, 0.3) is 5.91 Å². The number of ether oxygens (including phenoxy) is 2. The molecule has 0 radical (unpaired) electrons. The topological polar surface area (TPSA) is 84.9 Å². The zero-order valence-corrected chi connectivity index (χ0v) is 16.9. The molecule has 0 unspecified atom stereocenters. The molecular weight excluding hydrogens is 447 g/mol. The van der Waals surface area contributed by atoms with Crippen LogP contribution < -0.4 is 10.1 Å². The number of nitrogens with zero attached hydrogens (tertiary/aromatic N) is 1. The number of urea groups is 1. The highest BCUT2D eigenvalue weighted by molar-refractivity contribution is 9.10. The van der Waals surface area contributed by atoms with Gasteiger partial charge in [-0.3, -0.25) is 9.69 Å². The Kier molecular flexibility index (Phi) is 6.28. The number of benzene rings is 2. The van der Waals surface area contributed by atoms with Gasteiger partial charge in [0.05, 0.1) is 18.1 Å². The molecule has 2 aromatic carbocycles. The summed E-state index contributed by atoms with van der Waals surface area (Å²) in [7, 11) is 1.27. The molecule has 0 spiro atoms. The maximum absolute atomic E-state index is 13.0. The maximum Gasteiger partial charge on any atom is 0.343 e. The minimum atomic E-state index is -0.553. The van der Waals surface area contributed by atoms with E-state index in [1.165, 1.54) is 37.5 Å². The van der Waals surface area contributed by atoms with Crippen LogP contribution in [0.2, 0.25) is 0 Å². The van der Waals surface area contributed by atoms with Crippen molar-refractivity contribution >= 4 is 39.9 Å². The van der Waals surface area contributed by atoms with E-state index in [1.54, 1.807) is 18.2 Å². The number of rotatable bonds is 6. The van der Waals surface area contributed by atoms with Crippen molar-refractivity contribution in [1.82, 2.24) is 10.2 Å². The van der Waals surface area contributed by atoms with Crippen molar-refractivity contribution in [2.75, 3.05) is 13.7 Å². The van der Waals surface area contributed by atoms with E-state index in [4.69, 9.17) is 4.74 Å². The lowest BCUT2D eigenvalue weighted by molar-refractivity contribution is -0.142. The van der Waals surface area contributed by atoms with E-state index >= 15 is 0 Å². The van der Waals surface area contributed by atoms with Crippen molar-refractivity contribution < 1.29 is 28.2 Å². The molecule has 1 saturated heterocycles. The number of amides is 3. The normalized spacial score (nSPS) is 14.9. The Balaban J connectivity index is 1.72. The van der Waals surface area contributed by atoms with Crippen LogP contribution in [0.3, 0.4) is 0 Å². The molecule has 3 amide bonds. The van der Waals surface area contributed by atoms with E-state index in [9.17, 15) is 18.8 Å². The molecule has 1 fully saturated rings. The van der Waals surface area contributed by atoms with Gasteiger partial charge in [0.2, 0.25) is 0 Å². The van der Waals surface area contributed by atoms with Gasteiger partial charge in [-0.25, -0.2) is 14.0 Å². The monoisotopic (exact) mass is 462 g/mol. The second-order valence-electron chi connectivity index (χ2n) is 6.06. The fourth-order valence-electron chi connectivity index (χ4n) is 2.57. The summed E-state index contributed by atoms with van der Waals surface area (Å²) in [5, 5.41) is 2.53. The molecule has 150 valence electrons. The Labute approximate surface area is 174 Å². The Morgan fingerprint density at radius 3 is 2.59 bits per heavy atom. The summed E-state index contributed by atoms with van der Waals surface area (Å²) in [6.45, 7) is -0.200. The van der Waals surface area contributed by atoms with Crippen molar-refractivity contribution in [3.05, 3.63) is 69.6 Å². The number of hydrogen-bond acceptors (Lipinski definition) is 5. The van der Waals surface area contributed by atoms with Crippen LogP contribution >= 0.6 is 15.9 Å². The molecule has 0 aliphatic carbocycles. The smallest absolute Gasteiger partial charge is 0.343 e. The molecule has 0 bridgehead atoms. The number of methoxy groups -OCH3 is 1. The number of hydrogen-bond donors (Lipinski definition) is 1. The van der Waals surface area contributed by atoms with Crippen LogP contribution in [-0.4, -0.2) is 36.5 Å². The van der Waals surface area contributed by atoms with E-state index < -0.39 is 23.7 Å². The lowest BCUT2D eigenvalue weighted by Crippen LogP contribution is -2.30. The number of halogens is 2. The summed E-state index contributed by atoms with van der Waals surface area (Å²) < 4.78 is 23.4. The van der Waals surface area contributed by atoms with Gasteiger partial charge >= 0.3 is 12.0 Å². The van der Waals surface area contributed by atoms with Crippen LogP contribution in [0.4, 0.5) is 9.18 Å². The highest BCUT2D eigenvalue weighted by Crippen LogP contribution is 2.27. The quantitative estimate of drug-likeness (QED) is 0.404. The summed E-state index contributed by atoms with van der Waals surface area (Å²) in [6, 6.07) is 9.99. The van der Waals surface area contributed by atoms with Crippen LogP contribution in [0, 0.1) is 5.82 Å². The fraction of sp³-hybridized carbons (Fsp3) is 0.150. The molecule has 1 N–H and O–H groups in total. The minimum absolute atomic E-state index is 0.0340. The average molecular weight is 463 g/mol. The average Bonchev–Trinajstić information content (AvgIpc) is 2.96. The minimum Gasteiger partial charge on any atom is -0.481 e. The first kappa shape index (κ1) is 20.5. The van der Waals surface area contributed by atoms with E-state index in [0.717, 1.165) is 4.90 Å². The second kappa shape index (κ2) is 8.87. The van der Waals surface area contributed by atoms with Gasteiger partial charge in [0.1, 0.15) is 17.3 Å². The first-order valence-electron chi connectivity index (χ1n) is 8.45. The molecule has 1 aliphatic heterocycles. The SMILES string of the molecule is COC(=O)COc1ccc(/C=C2\NC(=O)N(Cc3ccc(F)cc3)C2=O)cc1Br. The number of carbonyl (C=O) groups excluding carboxylic acids is 3. The van der Waals surface area contributed by atoms with E-state index in [-0.39, 0.29) is 18.8 Å². The molecule has 0 saturated carbocycles. The highest BCUT2D eigenvalue weighted by atomic mass is 79.9. The molecule has 0 atom stereocenters. The fourth-order valence-corrected chi connectivity index (χ4v) is 3.08. The predicted octanol–water partition coefficient (Wildman–Crippen LogP) is 3.23. The third-order valence-corrected chi connectivity index (χ3v) is 4.68. The van der Waals surface area contributed by atoms with Gasteiger partial charge in [0.15, 0.2) is 6.61 Å². The second-order valence-corrected chi connectivity index (χ2v) is 6.91. The van der Waals surface area contributed by atoms with Gasteiger partial charge in [-0.05, 0) is 57.4 Å². The zero-order chi connectivity index (χ0) is 21.0. The van der Waals surface area contributed by atoms with Crippen LogP contribution in [0.1, 0.15) is 11.1 Å². The zero-order valence-electron chi connectivity index (χ0n) is 15.3. The molecule has 9 heteroatoms. The van der Waals surface area contributed by atoms with Crippen molar-refractivity contribution in [2.24, 2.45) is 0 Å². The van der Waals surface area contributed by atoms with E-state index in [0.29, 0.717) is 21.3 Å². The molecule has 1 heterocycles. The van der Waals surface area contributed by atoms with Crippen LogP contribution in [0.25, 0.3) is 6.08 Å². The first-order valence-corrected chi connectivity index (χ1v) is 9.25. The largest absolute Gasteiger partial charge is 0.481 e. The van der Waals surface area contributed by atoms with Crippen LogP contribution in [-0.2, 0) is 20.9 Å². The van der Waals surface area contributed by atoms with Gasteiger partial charge in [-0.1, -0.05) is 18.2 Å². The summed E-state index contributed by atoms with van der Waals surface area (Å²) >= 11 is 3.34. The Bertz CT molecular complexity index is 991. The first-order chi connectivity index (χ1) is 13.9. The van der Waals surface area contributed by atoms with E-state index in [1.807, 2.05) is 0 Å². The summed E-state index contributed by atoms with van der Waals surface area (Å²) in [5.74, 6) is -0.960.